The van der Waals surface area contributed by atoms with Crippen molar-refractivity contribution in [3.8, 4) is 0 Å². The molecule has 0 bridgehead atoms. The number of nitrogens with one attached hydrogen (secondary N) is 1. The van der Waals surface area contributed by atoms with Crippen LogP contribution in [0.15, 0.2) is 18.2 Å². The maximum Gasteiger partial charge on any atom is 0.251 e. The van der Waals surface area contributed by atoms with Crippen LogP contribution in [0.25, 0.3) is 0 Å². The lowest BCUT2D eigenvalue weighted by molar-refractivity contribution is 0.0953. The number of carbonyl (C=O) groups is 1. The van der Waals surface area contributed by atoms with Gasteiger partial charge in [-0.25, -0.2) is 0 Å². The molecule has 1 atom stereocenters. The van der Waals surface area contributed by atoms with Gasteiger partial charge in [0.25, 0.3) is 5.91 Å². The summed E-state index contributed by atoms with van der Waals surface area (Å²) in [4.78, 5) is 12.0. The van der Waals surface area contributed by atoms with Crippen molar-refractivity contribution in [2.45, 2.75) is 31.4 Å². The van der Waals surface area contributed by atoms with Gasteiger partial charge in [-0.05, 0) is 49.3 Å². The van der Waals surface area contributed by atoms with Crippen molar-refractivity contribution < 1.29 is 4.79 Å². The first-order valence-electron chi connectivity index (χ1n) is 6.42. The van der Waals surface area contributed by atoms with Gasteiger partial charge in [0.05, 0.1) is 0 Å². The molecule has 1 aromatic carbocycles. The van der Waals surface area contributed by atoms with E-state index in [9.17, 15) is 4.79 Å². The Morgan fingerprint density at radius 2 is 2.28 bits per heavy atom. The normalized spacial score (nSPS) is 19.5. The number of aryl methyl sites for hydroxylation is 1. The summed E-state index contributed by atoms with van der Waals surface area (Å²) in [6.07, 6.45) is 3.80. The molecule has 3 N–H and O–H groups in total. The second-order valence-corrected chi connectivity index (χ2v) is 6.24. The Balaban J connectivity index is 1.90. The van der Waals surface area contributed by atoms with E-state index >= 15 is 0 Å². The molecular weight excluding hydrogens is 244 g/mol. The van der Waals surface area contributed by atoms with Crippen LogP contribution in [-0.2, 0) is 0 Å². The average molecular weight is 264 g/mol. The first kappa shape index (κ1) is 13.3. The highest BCUT2D eigenvalue weighted by Gasteiger charge is 2.15. The lowest BCUT2D eigenvalue weighted by Crippen LogP contribution is -2.32. The Bertz CT molecular complexity index is 408. The molecule has 0 aliphatic carbocycles. The predicted molar refractivity (Wildman–Crippen MR) is 78.0 cm³/mol. The van der Waals surface area contributed by atoms with Crippen LogP contribution in [0.4, 0.5) is 5.69 Å². The topological polar surface area (TPSA) is 55.1 Å². The maximum absolute atomic E-state index is 12.0. The lowest BCUT2D eigenvalue weighted by Gasteiger charge is -2.21. The van der Waals surface area contributed by atoms with Crippen molar-refractivity contribution in [2.75, 3.05) is 18.0 Å². The van der Waals surface area contributed by atoms with Crippen LogP contribution in [0.5, 0.6) is 0 Å². The molecule has 3 nitrogen and oxygen atoms in total. The van der Waals surface area contributed by atoms with E-state index in [1.807, 2.05) is 30.8 Å². The number of rotatable bonds is 3. The summed E-state index contributed by atoms with van der Waals surface area (Å²) in [5.41, 5.74) is 8.08. The number of benzene rings is 1. The fourth-order valence-electron chi connectivity index (χ4n) is 2.22. The monoisotopic (exact) mass is 264 g/mol. The number of carbonyl (C=O) groups excluding carboxylic acids is 1. The van der Waals surface area contributed by atoms with Crippen LogP contribution < -0.4 is 11.1 Å². The van der Waals surface area contributed by atoms with Crippen molar-refractivity contribution in [1.29, 1.82) is 0 Å². The summed E-state index contributed by atoms with van der Waals surface area (Å²) in [6.45, 7) is 2.71. The molecule has 4 heteroatoms. The van der Waals surface area contributed by atoms with Gasteiger partial charge >= 0.3 is 0 Å². The van der Waals surface area contributed by atoms with Crippen molar-refractivity contribution in [1.82, 2.24) is 5.32 Å². The smallest absolute Gasteiger partial charge is 0.251 e. The number of thioether (sulfide) groups is 1. The van der Waals surface area contributed by atoms with Crippen molar-refractivity contribution >= 4 is 23.4 Å². The summed E-state index contributed by atoms with van der Waals surface area (Å²) >= 11 is 1.97. The quantitative estimate of drug-likeness (QED) is 0.825. The fourth-order valence-corrected chi connectivity index (χ4v) is 3.46. The summed E-state index contributed by atoms with van der Waals surface area (Å²) in [6, 6.07) is 5.48. The van der Waals surface area contributed by atoms with E-state index < -0.39 is 0 Å². The van der Waals surface area contributed by atoms with Crippen LogP contribution in [0.1, 0.15) is 35.2 Å². The van der Waals surface area contributed by atoms with E-state index in [0.717, 1.165) is 12.1 Å². The van der Waals surface area contributed by atoms with Gasteiger partial charge in [-0.1, -0.05) is 6.42 Å². The van der Waals surface area contributed by atoms with Gasteiger partial charge in [0.1, 0.15) is 0 Å². The molecule has 1 aromatic rings. The molecule has 1 unspecified atom stereocenters. The molecule has 1 aliphatic rings. The number of hydrogen-bond acceptors (Lipinski definition) is 3. The highest BCUT2D eigenvalue weighted by Crippen LogP contribution is 2.24. The zero-order chi connectivity index (χ0) is 13.0. The van der Waals surface area contributed by atoms with E-state index in [0.29, 0.717) is 16.5 Å². The third-order valence-corrected chi connectivity index (χ3v) is 4.52. The third kappa shape index (κ3) is 3.67. The van der Waals surface area contributed by atoms with Gasteiger partial charge < -0.3 is 11.1 Å². The molecule has 0 radical (unpaired) electrons. The predicted octanol–water partition coefficient (Wildman–Crippen LogP) is 2.59. The Kier molecular flexibility index (Phi) is 4.53. The zero-order valence-corrected chi connectivity index (χ0v) is 11.6. The van der Waals surface area contributed by atoms with Gasteiger partial charge in [-0.15, -0.1) is 0 Å². The summed E-state index contributed by atoms with van der Waals surface area (Å²) < 4.78 is 0. The van der Waals surface area contributed by atoms with E-state index in [2.05, 4.69) is 5.32 Å². The van der Waals surface area contributed by atoms with Gasteiger partial charge in [0.15, 0.2) is 0 Å². The van der Waals surface area contributed by atoms with Gasteiger partial charge in [0.2, 0.25) is 0 Å². The molecule has 1 fully saturated rings. The molecule has 0 saturated carbocycles. The first-order valence-corrected chi connectivity index (χ1v) is 7.47. The molecule has 98 valence electrons. The highest BCUT2D eigenvalue weighted by molar-refractivity contribution is 7.99. The summed E-state index contributed by atoms with van der Waals surface area (Å²) in [5, 5.41) is 3.58. The van der Waals surface area contributed by atoms with E-state index in [-0.39, 0.29) is 5.91 Å². The second-order valence-electron chi connectivity index (χ2n) is 4.83. The SMILES string of the molecule is Cc1cc(N)cc(C(=O)NCC2CCCCS2)c1. The number of hydrogen-bond donors (Lipinski definition) is 2. The van der Waals surface area contributed by atoms with E-state index in [1.54, 1.807) is 6.07 Å². The van der Waals surface area contributed by atoms with Gasteiger partial charge in [0, 0.05) is 23.0 Å². The van der Waals surface area contributed by atoms with E-state index in [1.165, 1.54) is 25.0 Å². The highest BCUT2D eigenvalue weighted by atomic mass is 32.2. The number of amides is 1. The van der Waals surface area contributed by atoms with Crippen LogP contribution in [0.2, 0.25) is 0 Å². The van der Waals surface area contributed by atoms with E-state index in [4.69, 9.17) is 5.73 Å². The second kappa shape index (κ2) is 6.14. The molecule has 1 heterocycles. The number of nitrogen functional groups attached to an aromatic ring is 1. The Morgan fingerprint density at radius 1 is 1.44 bits per heavy atom. The van der Waals surface area contributed by atoms with Crippen LogP contribution in [-0.4, -0.2) is 23.5 Å². The Labute approximate surface area is 113 Å². The molecule has 0 aromatic heterocycles. The van der Waals surface area contributed by atoms with Crippen molar-refractivity contribution in [3.05, 3.63) is 29.3 Å². The average Bonchev–Trinajstić information content (AvgIpc) is 2.36. The Hall–Kier alpha value is -1.16. The fraction of sp³-hybridized carbons (Fsp3) is 0.500. The van der Waals surface area contributed by atoms with Gasteiger partial charge in [-0.3, -0.25) is 4.79 Å². The molecule has 1 aliphatic heterocycles. The molecule has 1 amide bonds. The maximum atomic E-state index is 12.0. The summed E-state index contributed by atoms with van der Waals surface area (Å²) in [7, 11) is 0. The van der Waals surface area contributed by atoms with Crippen molar-refractivity contribution in [3.63, 3.8) is 0 Å². The van der Waals surface area contributed by atoms with Crippen LogP contribution in [0.3, 0.4) is 0 Å². The molecule has 1 saturated heterocycles. The largest absolute Gasteiger partial charge is 0.399 e. The van der Waals surface area contributed by atoms with Gasteiger partial charge in [-0.2, -0.15) is 11.8 Å². The van der Waals surface area contributed by atoms with Crippen LogP contribution >= 0.6 is 11.8 Å². The minimum Gasteiger partial charge on any atom is -0.399 e. The zero-order valence-electron chi connectivity index (χ0n) is 10.7. The molecular formula is C14H20N2OS. The number of anilines is 1. The first-order chi connectivity index (χ1) is 8.65. The lowest BCUT2D eigenvalue weighted by atomic mass is 10.1. The minimum atomic E-state index is -0.0171. The standard InChI is InChI=1S/C14H20N2OS/c1-10-6-11(8-12(15)7-10)14(17)16-9-13-4-2-3-5-18-13/h6-8,13H,2-5,9,15H2,1H3,(H,16,17). The van der Waals surface area contributed by atoms with Crippen molar-refractivity contribution in [2.24, 2.45) is 0 Å². The third-order valence-electron chi connectivity index (χ3n) is 3.13. The Morgan fingerprint density at radius 3 is 2.94 bits per heavy atom. The minimum absolute atomic E-state index is 0.0171. The molecule has 0 spiro atoms. The summed E-state index contributed by atoms with van der Waals surface area (Å²) in [5.74, 6) is 1.20. The molecule has 18 heavy (non-hydrogen) atoms. The molecule has 2 rings (SSSR count). The number of nitrogens with two attached hydrogens (primary N) is 1. The van der Waals surface area contributed by atoms with Crippen LogP contribution in [0, 0.1) is 6.92 Å².